The van der Waals surface area contributed by atoms with Crippen molar-refractivity contribution in [2.24, 2.45) is 11.7 Å². The molecular formula is C32H34FN5O3. The third kappa shape index (κ3) is 6.40. The van der Waals surface area contributed by atoms with Crippen LogP contribution in [-0.2, 0) is 10.3 Å². The molecule has 5 N–H and O–H groups in total. The fraction of sp³-hybridized carbons (Fsp3) is 0.344. The third-order valence-electron chi connectivity index (χ3n) is 8.04. The molecule has 3 unspecified atom stereocenters. The van der Waals surface area contributed by atoms with Crippen molar-refractivity contribution in [3.05, 3.63) is 94.8 Å². The van der Waals surface area contributed by atoms with Gasteiger partial charge in [-0.2, -0.15) is 5.26 Å². The van der Waals surface area contributed by atoms with Crippen LogP contribution in [0.15, 0.2) is 66.7 Å². The van der Waals surface area contributed by atoms with E-state index in [1.165, 1.54) is 17.0 Å². The number of urea groups is 1. The number of nitrogens with zero attached hydrogens (tertiary/aromatic N) is 2. The van der Waals surface area contributed by atoms with Crippen LogP contribution in [0.25, 0.3) is 0 Å². The second kappa shape index (κ2) is 11.7. The molecule has 1 saturated heterocycles. The molecule has 3 amide bonds. The predicted octanol–water partition coefficient (Wildman–Crippen LogP) is 5.00. The minimum Gasteiger partial charge on any atom is -0.391 e. The molecule has 212 valence electrons. The van der Waals surface area contributed by atoms with Gasteiger partial charge in [0.15, 0.2) is 0 Å². The summed E-state index contributed by atoms with van der Waals surface area (Å²) in [5, 5.41) is 25.1. The molecule has 1 saturated carbocycles. The summed E-state index contributed by atoms with van der Waals surface area (Å²) in [5.41, 5.74) is 9.37. The number of halogens is 1. The van der Waals surface area contributed by atoms with Gasteiger partial charge in [0.25, 0.3) is 0 Å². The van der Waals surface area contributed by atoms with E-state index in [1.54, 1.807) is 36.4 Å². The van der Waals surface area contributed by atoms with Crippen LogP contribution in [-0.4, -0.2) is 40.6 Å². The van der Waals surface area contributed by atoms with E-state index in [9.17, 15) is 20.0 Å². The fourth-order valence-electron chi connectivity index (χ4n) is 5.39. The number of amides is 3. The Balaban J connectivity index is 1.38. The molecule has 0 bridgehead atoms. The van der Waals surface area contributed by atoms with Crippen LogP contribution >= 0.6 is 0 Å². The highest BCUT2D eigenvalue weighted by molar-refractivity contribution is 5.99. The maximum Gasteiger partial charge on any atom is 0.322 e. The first-order valence-electron chi connectivity index (χ1n) is 13.9. The van der Waals surface area contributed by atoms with Crippen molar-refractivity contribution in [1.82, 2.24) is 4.90 Å². The van der Waals surface area contributed by atoms with Crippen LogP contribution in [0.2, 0.25) is 0 Å². The fourth-order valence-corrected chi connectivity index (χ4v) is 5.39. The van der Waals surface area contributed by atoms with E-state index in [2.05, 4.69) is 16.7 Å². The number of aliphatic hydroxyl groups excluding tert-OH is 1. The summed E-state index contributed by atoms with van der Waals surface area (Å²) < 4.78 is 15.1. The number of hydrogen-bond acceptors (Lipinski definition) is 5. The minimum absolute atomic E-state index is 0.0254. The standard InChI is InChI=1S/C32H34FN5O3/c1-20-5-10-25(11-6-20)36-31(41)38-19-26(39)17-29(38)30(40)37-28-16-24(9-12-27(28)33)32(35,14-13-21-7-8-21)23-4-2-3-22(15-23)18-34/h2-6,9-12,15-16,21,26,29,39H,7-8,13-14,17,19,35H2,1H3,(H,36,41)(H,37,40). The van der Waals surface area contributed by atoms with Gasteiger partial charge in [0.05, 0.1) is 29.0 Å². The SMILES string of the molecule is Cc1ccc(NC(=O)N2CC(O)CC2C(=O)Nc2cc(C(N)(CCC3CC3)c3cccc(C#N)c3)ccc2F)cc1. The van der Waals surface area contributed by atoms with Crippen LogP contribution in [0.5, 0.6) is 0 Å². The highest BCUT2D eigenvalue weighted by Crippen LogP contribution is 2.40. The summed E-state index contributed by atoms with van der Waals surface area (Å²) in [6, 6.07) is 19.3. The number of nitriles is 1. The summed E-state index contributed by atoms with van der Waals surface area (Å²) in [4.78, 5) is 27.7. The first-order valence-corrected chi connectivity index (χ1v) is 13.9. The Kier molecular flexibility index (Phi) is 8.06. The summed E-state index contributed by atoms with van der Waals surface area (Å²) in [6.45, 7) is 1.91. The number of aliphatic hydroxyl groups is 1. The summed E-state index contributed by atoms with van der Waals surface area (Å²) in [7, 11) is 0. The molecule has 1 aliphatic heterocycles. The Morgan fingerprint density at radius 2 is 1.83 bits per heavy atom. The van der Waals surface area contributed by atoms with Crippen LogP contribution in [0.1, 0.15) is 54.4 Å². The second-order valence-electron chi connectivity index (χ2n) is 11.2. The van der Waals surface area contributed by atoms with Gasteiger partial charge >= 0.3 is 6.03 Å². The first kappa shape index (κ1) is 28.3. The van der Waals surface area contributed by atoms with Crippen molar-refractivity contribution in [1.29, 1.82) is 5.26 Å². The lowest BCUT2D eigenvalue weighted by Crippen LogP contribution is -2.45. The summed E-state index contributed by atoms with van der Waals surface area (Å²) >= 11 is 0. The van der Waals surface area contributed by atoms with E-state index in [1.807, 2.05) is 25.1 Å². The molecular weight excluding hydrogens is 521 g/mol. The number of likely N-dealkylation sites (tertiary alicyclic amines) is 1. The molecule has 9 heteroatoms. The van der Waals surface area contributed by atoms with Gasteiger partial charge in [-0.15, -0.1) is 0 Å². The van der Waals surface area contributed by atoms with E-state index in [4.69, 9.17) is 5.73 Å². The molecule has 5 rings (SSSR count). The molecule has 0 aromatic heterocycles. The zero-order valence-corrected chi connectivity index (χ0v) is 22.9. The van der Waals surface area contributed by atoms with Gasteiger partial charge < -0.3 is 26.4 Å². The highest BCUT2D eigenvalue weighted by Gasteiger charge is 2.40. The summed E-state index contributed by atoms with van der Waals surface area (Å²) in [6.07, 6.45) is 2.92. The number of hydrogen-bond donors (Lipinski definition) is 4. The monoisotopic (exact) mass is 555 g/mol. The van der Waals surface area contributed by atoms with Crippen LogP contribution in [0.4, 0.5) is 20.6 Å². The van der Waals surface area contributed by atoms with Gasteiger partial charge in [-0.25, -0.2) is 9.18 Å². The largest absolute Gasteiger partial charge is 0.391 e. The normalized spacial score (nSPS) is 19.7. The molecule has 1 heterocycles. The van der Waals surface area contributed by atoms with Gasteiger partial charge in [0.2, 0.25) is 5.91 Å². The van der Waals surface area contributed by atoms with Gasteiger partial charge in [0.1, 0.15) is 11.9 Å². The first-order chi connectivity index (χ1) is 19.7. The molecule has 2 fully saturated rings. The zero-order valence-electron chi connectivity index (χ0n) is 22.9. The van der Waals surface area contributed by atoms with Crippen LogP contribution < -0.4 is 16.4 Å². The Labute approximate surface area is 239 Å². The molecule has 0 spiro atoms. The molecule has 3 atom stereocenters. The Bertz CT molecular complexity index is 1480. The summed E-state index contributed by atoms with van der Waals surface area (Å²) in [5.74, 6) is -0.655. The van der Waals surface area contributed by atoms with Gasteiger partial charge in [-0.1, -0.05) is 48.7 Å². The molecule has 2 aliphatic rings. The number of rotatable bonds is 8. The number of β-amino-alcohol motifs (C(OH)–C–C–N with tert-alkyl or cyclic N) is 1. The number of nitrogens with one attached hydrogen (secondary N) is 2. The number of carbonyl (C=O) groups is 2. The molecule has 3 aromatic carbocycles. The molecule has 1 aliphatic carbocycles. The average Bonchev–Trinajstić information content (AvgIpc) is 3.72. The number of benzene rings is 3. The van der Waals surface area contributed by atoms with E-state index in [0.717, 1.165) is 30.4 Å². The quantitative estimate of drug-likeness (QED) is 0.311. The van der Waals surface area contributed by atoms with Gasteiger partial charge in [-0.3, -0.25) is 4.79 Å². The Hall–Kier alpha value is -4.26. The smallest absolute Gasteiger partial charge is 0.322 e. The highest BCUT2D eigenvalue weighted by atomic mass is 19.1. The van der Waals surface area contributed by atoms with Crippen molar-refractivity contribution in [3.63, 3.8) is 0 Å². The van der Waals surface area contributed by atoms with Crippen molar-refractivity contribution < 1.29 is 19.1 Å². The van der Waals surface area contributed by atoms with E-state index < -0.39 is 35.4 Å². The van der Waals surface area contributed by atoms with Gasteiger partial charge in [0, 0.05) is 18.7 Å². The molecule has 0 radical (unpaired) electrons. The topological polar surface area (TPSA) is 131 Å². The zero-order chi connectivity index (χ0) is 29.1. The number of aryl methyl sites for hydroxylation is 1. The second-order valence-corrected chi connectivity index (χ2v) is 11.2. The van der Waals surface area contributed by atoms with Crippen LogP contribution in [0, 0.1) is 30.0 Å². The predicted molar refractivity (Wildman–Crippen MR) is 154 cm³/mol. The van der Waals surface area contributed by atoms with Crippen molar-refractivity contribution >= 4 is 23.3 Å². The maximum atomic E-state index is 15.1. The van der Waals surface area contributed by atoms with E-state index >= 15 is 4.39 Å². The number of carbonyl (C=O) groups excluding carboxylic acids is 2. The molecule has 41 heavy (non-hydrogen) atoms. The Morgan fingerprint density at radius 3 is 2.54 bits per heavy atom. The van der Waals surface area contributed by atoms with E-state index in [0.29, 0.717) is 29.2 Å². The third-order valence-corrected chi connectivity index (χ3v) is 8.04. The van der Waals surface area contributed by atoms with Crippen molar-refractivity contribution in [2.75, 3.05) is 17.2 Å². The number of nitrogens with two attached hydrogens (primary N) is 1. The van der Waals surface area contributed by atoms with Crippen molar-refractivity contribution in [2.45, 2.75) is 56.7 Å². The number of anilines is 2. The lowest BCUT2D eigenvalue weighted by atomic mass is 9.79. The molecule has 8 nitrogen and oxygen atoms in total. The van der Waals surface area contributed by atoms with Crippen LogP contribution in [0.3, 0.4) is 0 Å². The van der Waals surface area contributed by atoms with Gasteiger partial charge in [-0.05, 0) is 73.2 Å². The lowest BCUT2D eigenvalue weighted by molar-refractivity contribution is -0.119. The minimum atomic E-state index is -1.01. The average molecular weight is 556 g/mol. The maximum absolute atomic E-state index is 15.1. The van der Waals surface area contributed by atoms with Crippen molar-refractivity contribution in [3.8, 4) is 6.07 Å². The Morgan fingerprint density at radius 1 is 1.10 bits per heavy atom. The molecule has 3 aromatic rings. The lowest BCUT2D eigenvalue weighted by Gasteiger charge is -2.32. The van der Waals surface area contributed by atoms with E-state index in [-0.39, 0.29) is 18.7 Å².